The number of hydrogen-bond acceptors (Lipinski definition) is 4. The van der Waals surface area contributed by atoms with Crippen molar-refractivity contribution in [2.45, 2.75) is 19.3 Å². The van der Waals surface area contributed by atoms with Gasteiger partial charge in [-0.1, -0.05) is 6.07 Å². The quantitative estimate of drug-likeness (QED) is 0.772. The lowest BCUT2D eigenvalue weighted by molar-refractivity contribution is -0.120. The van der Waals surface area contributed by atoms with Gasteiger partial charge in [0.1, 0.15) is 10.8 Å². The molecule has 1 N–H and O–H groups in total. The van der Waals surface area contributed by atoms with E-state index in [0.29, 0.717) is 12.1 Å². The molecule has 4 rings (SSSR count). The Bertz CT molecular complexity index is 893. The van der Waals surface area contributed by atoms with E-state index >= 15 is 0 Å². The molecule has 0 radical (unpaired) electrons. The Morgan fingerprint density at radius 3 is 2.80 bits per heavy atom. The van der Waals surface area contributed by atoms with Crippen LogP contribution in [0.25, 0.3) is 10.7 Å². The van der Waals surface area contributed by atoms with Crippen LogP contribution in [0, 0.1) is 11.7 Å². The van der Waals surface area contributed by atoms with Crippen LogP contribution in [0.4, 0.5) is 10.1 Å². The number of fused-ring (bicyclic) bond motifs is 1. The van der Waals surface area contributed by atoms with Gasteiger partial charge in [0.15, 0.2) is 0 Å². The summed E-state index contributed by atoms with van der Waals surface area (Å²) in [5.74, 6) is -0.424. The normalized spacial score (nSPS) is 16.3. The van der Waals surface area contributed by atoms with E-state index in [1.807, 2.05) is 18.2 Å². The van der Waals surface area contributed by atoms with Crippen LogP contribution in [0.5, 0.6) is 0 Å². The number of hydrogen-bond donors (Lipinski definition) is 1. The highest BCUT2D eigenvalue weighted by Crippen LogP contribution is 2.34. The summed E-state index contributed by atoms with van der Waals surface area (Å²) >= 11 is 1.61. The summed E-state index contributed by atoms with van der Waals surface area (Å²) < 4.78 is 13.0. The van der Waals surface area contributed by atoms with E-state index in [9.17, 15) is 9.18 Å². The fourth-order valence-electron chi connectivity index (χ4n) is 2.98. The zero-order valence-corrected chi connectivity index (χ0v) is 14.2. The maximum absolute atomic E-state index is 13.0. The van der Waals surface area contributed by atoms with Gasteiger partial charge in [0.05, 0.1) is 11.4 Å². The summed E-state index contributed by atoms with van der Waals surface area (Å²) in [4.78, 5) is 22.7. The molecular weight excluding hydrogens is 337 g/mol. The molecule has 0 aliphatic heterocycles. The number of nitrogens with zero attached hydrogens (tertiary/aromatic N) is 2. The number of thiazole rings is 1. The summed E-state index contributed by atoms with van der Waals surface area (Å²) in [5.41, 5.74) is 2.57. The van der Waals surface area contributed by atoms with E-state index in [0.717, 1.165) is 34.1 Å². The summed E-state index contributed by atoms with van der Waals surface area (Å²) in [6.07, 6.45) is 4.01. The van der Waals surface area contributed by atoms with Crippen molar-refractivity contribution in [3.05, 3.63) is 65.0 Å². The Kier molecular flexibility index (Phi) is 4.28. The van der Waals surface area contributed by atoms with Gasteiger partial charge in [0.2, 0.25) is 5.91 Å². The number of benzene rings is 1. The zero-order chi connectivity index (χ0) is 17.2. The van der Waals surface area contributed by atoms with Crippen LogP contribution >= 0.6 is 11.3 Å². The molecule has 126 valence electrons. The maximum Gasteiger partial charge on any atom is 0.227 e. The van der Waals surface area contributed by atoms with Crippen LogP contribution < -0.4 is 5.32 Å². The van der Waals surface area contributed by atoms with Gasteiger partial charge in [0.25, 0.3) is 0 Å². The van der Waals surface area contributed by atoms with Gasteiger partial charge < -0.3 is 5.32 Å². The smallest absolute Gasteiger partial charge is 0.227 e. The van der Waals surface area contributed by atoms with Gasteiger partial charge in [-0.3, -0.25) is 9.78 Å². The highest BCUT2D eigenvalue weighted by Gasteiger charge is 2.28. The van der Waals surface area contributed by atoms with Crippen LogP contribution in [-0.2, 0) is 17.6 Å². The summed E-state index contributed by atoms with van der Waals surface area (Å²) in [5, 5.41) is 3.78. The number of halogens is 1. The number of nitrogens with one attached hydrogen (secondary N) is 1. The molecule has 2 heterocycles. The minimum absolute atomic E-state index is 0.0231. The Labute approximate surface area is 148 Å². The first kappa shape index (κ1) is 15.9. The molecular formula is C19H16FN3OS. The standard InChI is InChI=1S/C19H16FN3OS/c20-13-5-7-14(8-6-13)22-18(24)12-4-9-15-17(11-12)25-19(23-15)16-3-1-2-10-21-16/h1-3,5-8,10,12H,4,9,11H2,(H,22,24). The van der Waals surface area contributed by atoms with Crippen LogP contribution in [0.3, 0.4) is 0 Å². The molecule has 1 unspecified atom stereocenters. The second-order valence-electron chi connectivity index (χ2n) is 6.04. The molecule has 0 fully saturated rings. The van der Waals surface area contributed by atoms with Crippen molar-refractivity contribution in [2.75, 3.05) is 5.32 Å². The second-order valence-corrected chi connectivity index (χ2v) is 7.12. The molecule has 1 amide bonds. The van der Waals surface area contributed by atoms with E-state index in [2.05, 4.69) is 10.3 Å². The Balaban J connectivity index is 1.48. The van der Waals surface area contributed by atoms with Crippen molar-refractivity contribution in [1.82, 2.24) is 9.97 Å². The van der Waals surface area contributed by atoms with E-state index in [4.69, 9.17) is 4.98 Å². The number of amides is 1. The molecule has 1 aliphatic carbocycles. The average molecular weight is 353 g/mol. The molecule has 0 bridgehead atoms. The molecule has 1 aromatic carbocycles. The number of aryl methyl sites for hydroxylation is 1. The van der Waals surface area contributed by atoms with Gasteiger partial charge in [0, 0.05) is 22.7 Å². The maximum atomic E-state index is 13.0. The van der Waals surface area contributed by atoms with Gasteiger partial charge in [-0.05, 0) is 55.7 Å². The predicted molar refractivity (Wildman–Crippen MR) is 95.9 cm³/mol. The van der Waals surface area contributed by atoms with E-state index < -0.39 is 0 Å². The van der Waals surface area contributed by atoms with Crippen molar-refractivity contribution >= 4 is 22.9 Å². The van der Waals surface area contributed by atoms with Crippen LogP contribution in [0.2, 0.25) is 0 Å². The molecule has 6 heteroatoms. The first-order valence-electron chi connectivity index (χ1n) is 8.15. The molecule has 1 atom stereocenters. The molecule has 25 heavy (non-hydrogen) atoms. The van der Waals surface area contributed by atoms with Crippen molar-refractivity contribution in [1.29, 1.82) is 0 Å². The number of anilines is 1. The fraction of sp³-hybridized carbons (Fsp3) is 0.211. The predicted octanol–water partition coefficient (Wildman–Crippen LogP) is 4.09. The number of pyridine rings is 1. The lowest BCUT2D eigenvalue weighted by Gasteiger charge is -2.20. The highest BCUT2D eigenvalue weighted by molar-refractivity contribution is 7.15. The molecule has 0 spiro atoms. The lowest BCUT2D eigenvalue weighted by Crippen LogP contribution is -2.27. The van der Waals surface area contributed by atoms with Crippen LogP contribution in [0.15, 0.2) is 48.7 Å². The Hall–Kier alpha value is -2.60. The fourth-order valence-corrected chi connectivity index (χ4v) is 4.14. The molecule has 1 aliphatic rings. The zero-order valence-electron chi connectivity index (χ0n) is 13.4. The number of rotatable bonds is 3. The Morgan fingerprint density at radius 2 is 2.04 bits per heavy atom. The van der Waals surface area contributed by atoms with E-state index in [1.54, 1.807) is 29.7 Å². The number of aromatic nitrogens is 2. The topological polar surface area (TPSA) is 54.9 Å². The lowest BCUT2D eigenvalue weighted by atomic mass is 9.90. The van der Waals surface area contributed by atoms with E-state index in [1.165, 1.54) is 12.1 Å². The summed E-state index contributed by atoms with van der Waals surface area (Å²) in [6.45, 7) is 0. The Morgan fingerprint density at radius 1 is 1.20 bits per heavy atom. The third kappa shape index (κ3) is 3.44. The van der Waals surface area contributed by atoms with Crippen molar-refractivity contribution in [3.8, 4) is 10.7 Å². The molecule has 3 aromatic rings. The second kappa shape index (κ2) is 6.72. The van der Waals surface area contributed by atoms with Gasteiger partial charge in [-0.25, -0.2) is 9.37 Å². The van der Waals surface area contributed by atoms with Gasteiger partial charge >= 0.3 is 0 Å². The molecule has 0 saturated heterocycles. The van der Waals surface area contributed by atoms with Gasteiger partial charge in [-0.2, -0.15) is 0 Å². The third-order valence-electron chi connectivity index (χ3n) is 4.31. The van der Waals surface area contributed by atoms with E-state index in [-0.39, 0.29) is 17.6 Å². The third-order valence-corrected chi connectivity index (χ3v) is 5.45. The minimum Gasteiger partial charge on any atom is -0.326 e. The average Bonchev–Trinajstić information content (AvgIpc) is 3.07. The van der Waals surface area contributed by atoms with Crippen LogP contribution in [-0.4, -0.2) is 15.9 Å². The van der Waals surface area contributed by atoms with Crippen LogP contribution in [0.1, 0.15) is 17.0 Å². The molecule has 0 saturated carbocycles. The van der Waals surface area contributed by atoms with Crippen molar-refractivity contribution in [2.24, 2.45) is 5.92 Å². The summed E-state index contributed by atoms with van der Waals surface area (Å²) in [6, 6.07) is 11.6. The van der Waals surface area contributed by atoms with Crippen molar-refractivity contribution in [3.63, 3.8) is 0 Å². The molecule has 4 nitrogen and oxygen atoms in total. The minimum atomic E-state index is -0.313. The summed E-state index contributed by atoms with van der Waals surface area (Å²) in [7, 11) is 0. The van der Waals surface area contributed by atoms with Gasteiger partial charge in [-0.15, -0.1) is 11.3 Å². The number of carbonyl (C=O) groups is 1. The first-order chi connectivity index (χ1) is 12.2. The molecule has 2 aromatic heterocycles. The van der Waals surface area contributed by atoms with Crippen molar-refractivity contribution < 1.29 is 9.18 Å². The monoisotopic (exact) mass is 353 g/mol. The number of carbonyl (C=O) groups excluding carboxylic acids is 1. The SMILES string of the molecule is O=C(Nc1ccc(F)cc1)C1CCc2nc(-c3ccccn3)sc2C1. The first-order valence-corrected chi connectivity index (χ1v) is 8.97. The largest absolute Gasteiger partial charge is 0.326 e. The highest BCUT2D eigenvalue weighted by atomic mass is 32.1.